The van der Waals surface area contributed by atoms with E-state index in [1.165, 1.54) is 6.07 Å². The van der Waals surface area contributed by atoms with Crippen LogP contribution in [0.1, 0.15) is 15.9 Å². The van der Waals surface area contributed by atoms with Gasteiger partial charge in [0.1, 0.15) is 13.2 Å². The van der Waals surface area contributed by atoms with Crippen molar-refractivity contribution in [3.63, 3.8) is 0 Å². The molecule has 0 unspecified atom stereocenters. The topological polar surface area (TPSA) is 55.8 Å². The zero-order valence-electron chi connectivity index (χ0n) is 8.04. The first-order valence-corrected chi connectivity index (χ1v) is 4.81. The highest BCUT2D eigenvalue weighted by molar-refractivity contribution is 6.32. The molecule has 1 N–H and O–H groups in total. The van der Waals surface area contributed by atoms with E-state index in [1.807, 2.05) is 0 Å². The van der Waals surface area contributed by atoms with E-state index in [-0.39, 0.29) is 10.6 Å². The van der Waals surface area contributed by atoms with Crippen LogP contribution in [0.5, 0.6) is 11.5 Å². The Labute approximate surface area is 91.4 Å². The molecule has 0 amide bonds. The zero-order valence-corrected chi connectivity index (χ0v) is 8.80. The molecule has 1 aromatic carbocycles. The van der Waals surface area contributed by atoms with Crippen LogP contribution < -0.4 is 9.47 Å². The molecule has 2 rings (SSSR count). The molecule has 0 bridgehead atoms. The number of ether oxygens (including phenoxy) is 2. The van der Waals surface area contributed by atoms with Crippen LogP contribution in [0.25, 0.3) is 0 Å². The number of carbonyl (C=O) groups is 1. The molecule has 1 heterocycles. The largest absolute Gasteiger partial charge is 0.486 e. The van der Waals surface area contributed by atoms with Crippen LogP contribution in [0.15, 0.2) is 6.07 Å². The van der Waals surface area contributed by atoms with E-state index < -0.39 is 5.97 Å². The summed E-state index contributed by atoms with van der Waals surface area (Å²) in [6.07, 6.45) is 0. The van der Waals surface area contributed by atoms with Crippen molar-refractivity contribution in [3.05, 3.63) is 22.2 Å². The number of aromatic carboxylic acids is 1. The molecule has 0 atom stereocenters. The molecule has 0 aromatic heterocycles. The normalized spacial score (nSPS) is 13.7. The van der Waals surface area contributed by atoms with E-state index >= 15 is 0 Å². The van der Waals surface area contributed by atoms with Crippen LogP contribution in [-0.4, -0.2) is 24.3 Å². The number of rotatable bonds is 1. The van der Waals surface area contributed by atoms with Crippen LogP contribution >= 0.6 is 11.6 Å². The van der Waals surface area contributed by atoms with E-state index in [9.17, 15) is 4.79 Å². The first-order valence-electron chi connectivity index (χ1n) is 4.43. The molecule has 0 radical (unpaired) electrons. The average molecular weight is 229 g/mol. The van der Waals surface area contributed by atoms with Gasteiger partial charge < -0.3 is 14.6 Å². The summed E-state index contributed by atoms with van der Waals surface area (Å²) in [7, 11) is 0. The third-order valence-electron chi connectivity index (χ3n) is 2.25. The lowest BCUT2D eigenvalue weighted by molar-refractivity contribution is 0.0694. The van der Waals surface area contributed by atoms with Gasteiger partial charge in [0.2, 0.25) is 0 Å². The average Bonchev–Trinajstić information content (AvgIpc) is 2.23. The van der Waals surface area contributed by atoms with Gasteiger partial charge in [0.15, 0.2) is 11.5 Å². The fraction of sp³-hybridized carbons (Fsp3) is 0.300. The van der Waals surface area contributed by atoms with Gasteiger partial charge in [-0.25, -0.2) is 4.79 Å². The maximum Gasteiger partial charge on any atom is 0.336 e. The van der Waals surface area contributed by atoms with Gasteiger partial charge in [-0.1, -0.05) is 11.6 Å². The van der Waals surface area contributed by atoms with Crippen LogP contribution in [0, 0.1) is 6.92 Å². The highest BCUT2D eigenvalue weighted by Gasteiger charge is 2.23. The summed E-state index contributed by atoms with van der Waals surface area (Å²) >= 11 is 5.90. The highest BCUT2D eigenvalue weighted by atomic mass is 35.5. The molecular formula is C10H9ClO4. The second-order valence-electron chi connectivity index (χ2n) is 3.19. The van der Waals surface area contributed by atoms with Gasteiger partial charge in [0.25, 0.3) is 0 Å². The van der Waals surface area contributed by atoms with Gasteiger partial charge in [0, 0.05) is 5.56 Å². The number of carboxylic acids is 1. The molecule has 0 aliphatic carbocycles. The number of benzene rings is 1. The van der Waals surface area contributed by atoms with Crippen molar-refractivity contribution in [2.45, 2.75) is 6.92 Å². The summed E-state index contributed by atoms with van der Waals surface area (Å²) in [5.74, 6) is -0.150. The number of halogens is 1. The highest BCUT2D eigenvalue weighted by Crippen LogP contribution is 2.41. The Hall–Kier alpha value is -1.42. The van der Waals surface area contributed by atoms with Crippen LogP contribution in [0.4, 0.5) is 0 Å². The molecule has 80 valence electrons. The van der Waals surface area contributed by atoms with Crippen LogP contribution in [-0.2, 0) is 0 Å². The summed E-state index contributed by atoms with van der Waals surface area (Å²) in [6, 6.07) is 1.38. The fourth-order valence-corrected chi connectivity index (χ4v) is 1.77. The van der Waals surface area contributed by atoms with Gasteiger partial charge in [-0.3, -0.25) is 0 Å². The predicted octanol–water partition coefficient (Wildman–Crippen LogP) is 2.12. The molecule has 1 aromatic rings. The van der Waals surface area contributed by atoms with E-state index in [0.29, 0.717) is 30.3 Å². The van der Waals surface area contributed by atoms with E-state index in [2.05, 4.69) is 0 Å². The lowest BCUT2D eigenvalue weighted by Gasteiger charge is -2.22. The zero-order chi connectivity index (χ0) is 11.0. The molecule has 0 fully saturated rings. The van der Waals surface area contributed by atoms with Crippen LogP contribution in [0.2, 0.25) is 5.02 Å². The second kappa shape index (κ2) is 3.62. The van der Waals surface area contributed by atoms with E-state index in [4.69, 9.17) is 26.2 Å². The first-order chi connectivity index (χ1) is 7.11. The molecule has 0 spiro atoms. The van der Waals surface area contributed by atoms with Gasteiger partial charge in [0.05, 0.1) is 10.6 Å². The Kier molecular flexibility index (Phi) is 2.44. The molecule has 0 saturated heterocycles. The van der Waals surface area contributed by atoms with E-state index in [1.54, 1.807) is 6.92 Å². The van der Waals surface area contributed by atoms with Crippen molar-refractivity contribution < 1.29 is 19.4 Å². The molecule has 0 saturated carbocycles. The van der Waals surface area contributed by atoms with Crippen molar-refractivity contribution in [2.75, 3.05) is 13.2 Å². The Morgan fingerprint density at radius 2 is 2.00 bits per heavy atom. The van der Waals surface area contributed by atoms with Crippen molar-refractivity contribution in [2.24, 2.45) is 0 Å². The SMILES string of the molecule is Cc1c(C(=O)O)cc(Cl)c2c1OCCO2. The first kappa shape index (κ1) is 10.1. The summed E-state index contributed by atoms with van der Waals surface area (Å²) in [4.78, 5) is 10.9. The van der Waals surface area contributed by atoms with Crippen molar-refractivity contribution in [1.29, 1.82) is 0 Å². The lowest BCUT2D eigenvalue weighted by atomic mass is 10.1. The minimum Gasteiger partial charge on any atom is -0.486 e. The summed E-state index contributed by atoms with van der Waals surface area (Å²) in [6.45, 7) is 2.51. The Balaban J connectivity index is 2.64. The fourth-order valence-electron chi connectivity index (χ4n) is 1.52. The van der Waals surface area contributed by atoms with Crippen molar-refractivity contribution in [3.8, 4) is 11.5 Å². The minimum atomic E-state index is -1.02. The van der Waals surface area contributed by atoms with Gasteiger partial charge >= 0.3 is 5.97 Å². The Morgan fingerprint density at radius 1 is 1.40 bits per heavy atom. The monoisotopic (exact) mass is 228 g/mol. The third kappa shape index (κ3) is 1.61. The number of carboxylic acid groups (broad SMARTS) is 1. The predicted molar refractivity (Wildman–Crippen MR) is 54.1 cm³/mol. The standard InChI is InChI=1S/C10H9ClO4/c1-5-6(10(12)13)4-7(11)9-8(5)14-2-3-15-9/h4H,2-3H2,1H3,(H,12,13). The minimum absolute atomic E-state index is 0.143. The molecule has 15 heavy (non-hydrogen) atoms. The maximum absolute atomic E-state index is 10.9. The van der Waals surface area contributed by atoms with Crippen LogP contribution in [0.3, 0.4) is 0 Å². The smallest absolute Gasteiger partial charge is 0.336 e. The van der Waals surface area contributed by atoms with Crippen molar-refractivity contribution in [1.82, 2.24) is 0 Å². The second-order valence-corrected chi connectivity index (χ2v) is 3.60. The molecule has 4 nitrogen and oxygen atoms in total. The van der Waals surface area contributed by atoms with Crippen molar-refractivity contribution >= 4 is 17.6 Å². The lowest BCUT2D eigenvalue weighted by Crippen LogP contribution is -2.17. The summed E-state index contributed by atoms with van der Waals surface area (Å²) in [5.41, 5.74) is 0.686. The Morgan fingerprint density at radius 3 is 2.60 bits per heavy atom. The Bertz CT molecular complexity index is 428. The number of hydrogen-bond donors (Lipinski definition) is 1. The number of hydrogen-bond acceptors (Lipinski definition) is 3. The van der Waals surface area contributed by atoms with Gasteiger partial charge in [-0.05, 0) is 13.0 Å². The number of fused-ring (bicyclic) bond motifs is 1. The maximum atomic E-state index is 10.9. The summed E-state index contributed by atoms with van der Waals surface area (Å²) in [5, 5.41) is 9.21. The molecule has 1 aliphatic rings. The summed E-state index contributed by atoms with van der Waals surface area (Å²) < 4.78 is 10.7. The quantitative estimate of drug-likeness (QED) is 0.800. The van der Waals surface area contributed by atoms with Gasteiger partial charge in [-0.15, -0.1) is 0 Å². The van der Waals surface area contributed by atoms with Gasteiger partial charge in [-0.2, -0.15) is 0 Å². The third-order valence-corrected chi connectivity index (χ3v) is 2.53. The molecule has 5 heteroatoms. The molecule has 1 aliphatic heterocycles. The molecular weight excluding hydrogens is 220 g/mol. The van der Waals surface area contributed by atoms with E-state index in [0.717, 1.165) is 0 Å².